The minimum absolute atomic E-state index is 0.0706. The third kappa shape index (κ3) is 3.44. The highest BCUT2D eigenvalue weighted by atomic mass is 35.5. The van der Waals surface area contributed by atoms with Gasteiger partial charge >= 0.3 is 0 Å². The number of piperazine rings is 1. The van der Waals surface area contributed by atoms with E-state index in [0.29, 0.717) is 48.5 Å². The number of hydrogen-bond donors (Lipinski definition) is 2. The highest BCUT2D eigenvalue weighted by Crippen LogP contribution is 2.49. The summed E-state index contributed by atoms with van der Waals surface area (Å²) >= 11 is 6.88. The maximum Gasteiger partial charge on any atom is 0.251 e. The normalized spacial score (nSPS) is 20.8. The van der Waals surface area contributed by atoms with Crippen molar-refractivity contribution in [1.29, 1.82) is 0 Å². The second kappa shape index (κ2) is 8.70. The second-order valence-corrected chi connectivity index (χ2v) is 11.3. The molecule has 7 rings (SSSR count). The number of carbonyl (C=O) groups excluding carboxylic acids is 2. The highest BCUT2D eigenvalue weighted by molar-refractivity contribution is 6.35. The Morgan fingerprint density at radius 2 is 2.00 bits per heavy atom. The topological polar surface area (TPSA) is 97.5 Å². The number of aryl methyl sites for hydroxylation is 1. The third-order valence-corrected chi connectivity index (χ3v) is 8.44. The minimum Gasteiger partial charge on any atom is -0.355 e. The summed E-state index contributed by atoms with van der Waals surface area (Å²) < 4.78 is 16.8. The monoisotopic (exact) mass is 547 g/mol. The number of nitrogens with one attached hydrogen (secondary N) is 2. The van der Waals surface area contributed by atoms with Gasteiger partial charge in [0, 0.05) is 54.6 Å². The van der Waals surface area contributed by atoms with E-state index < -0.39 is 17.8 Å². The molecule has 0 radical (unpaired) electrons. The van der Waals surface area contributed by atoms with Crippen LogP contribution in [0.5, 0.6) is 0 Å². The number of ketones is 1. The van der Waals surface area contributed by atoms with Gasteiger partial charge < -0.3 is 20.0 Å². The summed E-state index contributed by atoms with van der Waals surface area (Å²) in [5.41, 5.74) is 3.81. The van der Waals surface area contributed by atoms with Gasteiger partial charge in [-0.05, 0) is 38.7 Å². The van der Waals surface area contributed by atoms with Crippen molar-refractivity contribution in [2.45, 2.75) is 13.0 Å². The molecule has 3 aliphatic rings. The van der Waals surface area contributed by atoms with E-state index in [2.05, 4.69) is 20.5 Å². The Labute approximate surface area is 228 Å². The van der Waals surface area contributed by atoms with Crippen LogP contribution in [0.1, 0.15) is 16.1 Å². The molecule has 200 valence electrons. The van der Waals surface area contributed by atoms with Crippen molar-refractivity contribution < 1.29 is 14.0 Å². The molecule has 0 spiro atoms. The van der Waals surface area contributed by atoms with Gasteiger partial charge in [-0.15, -0.1) is 0 Å². The SMILES string of the molecule is Cc1ccc2[nH]ncc2c1-c1c(Cl)cc2c3c4c(nc2c1F)C(=O)[C@H](CN(C)C)CN4C(=O)[C@H]1CNCCN31. The molecule has 3 aliphatic heterocycles. The van der Waals surface area contributed by atoms with Crippen LogP contribution < -0.4 is 15.1 Å². The standard InChI is InChI=1S/C28H27ClFN7O2/c1-13-4-5-18-16(9-32-34-18)20(13)21-17(29)8-15-23(22(21)30)33-24-26-25(15)36-7-6-31-10-19(36)28(39)37(26)12-14(27(24)38)11-35(2)3/h4-5,8-9,14,19,31H,6-7,10-12H2,1-3H3,(H,32,34)/t14-,19-/m1/s1. The molecule has 2 aromatic carbocycles. The summed E-state index contributed by atoms with van der Waals surface area (Å²) in [6.07, 6.45) is 1.66. The summed E-state index contributed by atoms with van der Waals surface area (Å²) in [7, 11) is 3.78. The lowest BCUT2D eigenvalue weighted by Crippen LogP contribution is -2.64. The quantitative estimate of drug-likeness (QED) is 0.406. The zero-order valence-corrected chi connectivity index (χ0v) is 22.6. The lowest BCUT2D eigenvalue weighted by atomic mass is 9.88. The van der Waals surface area contributed by atoms with Crippen molar-refractivity contribution in [3.05, 3.63) is 46.5 Å². The van der Waals surface area contributed by atoms with Gasteiger partial charge in [0.2, 0.25) is 0 Å². The smallest absolute Gasteiger partial charge is 0.251 e. The highest BCUT2D eigenvalue weighted by Gasteiger charge is 2.47. The van der Waals surface area contributed by atoms with E-state index in [9.17, 15) is 9.59 Å². The van der Waals surface area contributed by atoms with Crippen LogP contribution in [0.25, 0.3) is 32.9 Å². The first-order chi connectivity index (χ1) is 18.8. The maximum atomic E-state index is 16.8. The molecule has 1 saturated heterocycles. The summed E-state index contributed by atoms with van der Waals surface area (Å²) in [4.78, 5) is 37.8. The largest absolute Gasteiger partial charge is 0.355 e. The van der Waals surface area contributed by atoms with Crippen molar-refractivity contribution in [2.24, 2.45) is 5.92 Å². The molecule has 0 saturated carbocycles. The number of pyridine rings is 1. The van der Waals surface area contributed by atoms with Gasteiger partial charge in [-0.2, -0.15) is 5.10 Å². The number of halogens is 2. The van der Waals surface area contributed by atoms with Crippen molar-refractivity contribution >= 4 is 56.5 Å². The number of rotatable bonds is 3. The van der Waals surface area contributed by atoms with Crippen LogP contribution in [0.2, 0.25) is 5.02 Å². The van der Waals surface area contributed by atoms with Gasteiger partial charge in [-0.3, -0.25) is 14.7 Å². The van der Waals surface area contributed by atoms with E-state index in [4.69, 9.17) is 11.6 Å². The number of nitrogens with zero attached hydrogens (tertiary/aromatic N) is 5. The summed E-state index contributed by atoms with van der Waals surface area (Å²) in [5, 5.41) is 11.9. The molecule has 1 fully saturated rings. The molecule has 4 aromatic rings. The number of carbonyl (C=O) groups is 2. The number of amides is 1. The zero-order chi connectivity index (χ0) is 27.2. The molecule has 0 unspecified atom stereocenters. The molecule has 2 aromatic heterocycles. The van der Waals surface area contributed by atoms with Crippen LogP contribution in [0.3, 0.4) is 0 Å². The molecule has 9 nitrogen and oxygen atoms in total. The lowest BCUT2D eigenvalue weighted by molar-refractivity contribution is -0.120. The predicted octanol–water partition coefficient (Wildman–Crippen LogP) is 3.38. The lowest BCUT2D eigenvalue weighted by Gasteiger charge is -2.48. The molecular weight excluding hydrogens is 521 g/mol. The van der Waals surface area contributed by atoms with Crippen LogP contribution in [-0.4, -0.2) is 84.6 Å². The van der Waals surface area contributed by atoms with Crippen LogP contribution in [0.4, 0.5) is 15.8 Å². The van der Waals surface area contributed by atoms with Gasteiger partial charge in [0.15, 0.2) is 11.6 Å². The van der Waals surface area contributed by atoms with Gasteiger partial charge in [-0.1, -0.05) is 17.7 Å². The van der Waals surface area contributed by atoms with Gasteiger partial charge in [0.1, 0.15) is 17.3 Å². The Hall–Kier alpha value is -3.60. The Balaban J connectivity index is 1.56. The molecular formula is C28H27ClFN7O2. The number of fused-ring (bicyclic) bond motifs is 5. The molecule has 0 aliphatic carbocycles. The van der Waals surface area contributed by atoms with Crippen LogP contribution in [0, 0.1) is 18.7 Å². The average Bonchev–Trinajstić information content (AvgIpc) is 3.39. The number of Topliss-reactive ketones (excluding diaryl/α,β-unsaturated/α-hetero) is 1. The van der Waals surface area contributed by atoms with Crippen molar-refractivity contribution in [3.63, 3.8) is 0 Å². The summed E-state index contributed by atoms with van der Waals surface area (Å²) in [5.74, 6) is -1.30. The molecule has 1 amide bonds. The van der Waals surface area contributed by atoms with Crippen molar-refractivity contribution in [1.82, 2.24) is 25.4 Å². The summed E-state index contributed by atoms with van der Waals surface area (Å²) in [6, 6.07) is 5.07. The number of hydrogen-bond acceptors (Lipinski definition) is 7. The van der Waals surface area contributed by atoms with Crippen LogP contribution in [-0.2, 0) is 4.79 Å². The van der Waals surface area contributed by atoms with Crippen LogP contribution in [0.15, 0.2) is 24.4 Å². The predicted molar refractivity (Wildman–Crippen MR) is 149 cm³/mol. The van der Waals surface area contributed by atoms with Gasteiger partial charge in [-0.25, -0.2) is 9.37 Å². The minimum atomic E-state index is -0.592. The van der Waals surface area contributed by atoms with E-state index in [-0.39, 0.29) is 40.0 Å². The molecule has 5 heterocycles. The second-order valence-electron chi connectivity index (χ2n) is 10.9. The zero-order valence-electron chi connectivity index (χ0n) is 21.8. The number of aromatic amines is 1. The molecule has 39 heavy (non-hydrogen) atoms. The Morgan fingerprint density at radius 1 is 1.18 bits per heavy atom. The van der Waals surface area contributed by atoms with Gasteiger partial charge in [0.25, 0.3) is 5.91 Å². The fourth-order valence-corrected chi connectivity index (χ4v) is 6.74. The molecule has 11 heteroatoms. The number of anilines is 2. The Kier molecular flexibility index (Phi) is 5.45. The van der Waals surface area contributed by atoms with Crippen LogP contribution >= 0.6 is 11.6 Å². The Morgan fingerprint density at radius 3 is 2.79 bits per heavy atom. The van der Waals surface area contributed by atoms with E-state index >= 15 is 4.39 Å². The van der Waals surface area contributed by atoms with E-state index in [1.54, 1.807) is 17.2 Å². The number of H-pyrrole nitrogens is 1. The average molecular weight is 548 g/mol. The van der Waals surface area contributed by atoms with E-state index in [1.807, 2.05) is 43.0 Å². The van der Waals surface area contributed by atoms with Crippen molar-refractivity contribution in [2.75, 3.05) is 56.6 Å². The first-order valence-corrected chi connectivity index (χ1v) is 13.4. The third-order valence-electron chi connectivity index (χ3n) is 8.15. The van der Waals surface area contributed by atoms with E-state index in [1.165, 1.54) is 0 Å². The number of aromatic nitrogens is 3. The fourth-order valence-electron chi connectivity index (χ4n) is 6.45. The first-order valence-electron chi connectivity index (χ1n) is 13.0. The molecule has 2 atom stereocenters. The molecule has 0 bridgehead atoms. The maximum absolute atomic E-state index is 16.8. The molecule has 2 N–H and O–H groups in total. The fraction of sp³-hybridized carbons (Fsp3) is 0.357. The van der Waals surface area contributed by atoms with Gasteiger partial charge in [0.05, 0.1) is 34.0 Å². The number of benzene rings is 2. The van der Waals surface area contributed by atoms with Crippen molar-refractivity contribution in [3.8, 4) is 11.1 Å². The Bertz CT molecular complexity index is 1720. The first kappa shape index (κ1) is 24.4. The van der Waals surface area contributed by atoms with E-state index in [0.717, 1.165) is 16.5 Å². The summed E-state index contributed by atoms with van der Waals surface area (Å²) in [6.45, 7) is 4.30.